The molecule has 1 aliphatic rings. The van der Waals surface area contributed by atoms with Gasteiger partial charge in [0.25, 0.3) is 5.56 Å². The lowest BCUT2D eigenvalue weighted by Crippen LogP contribution is -2.17. The van der Waals surface area contributed by atoms with E-state index >= 15 is 0 Å². The molecule has 0 bridgehead atoms. The summed E-state index contributed by atoms with van der Waals surface area (Å²) in [5.41, 5.74) is 1.38. The first-order valence-corrected chi connectivity index (χ1v) is 6.48. The van der Waals surface area contributed by atoms with E-state index in [9.17, 15) is 4.79 Å². The Morgan fingerprint density at radius 2 is 2.18 bits per heavy atom. The van der Waals surface area contributed by atoms with Crippen LogP contribution in [0.2, 0.25) is 0 Å². The van der Waals surface area contributed by atoms with Crippen molar-refractivity contribution in [1.29, 1.82) is 0 Å². The smallest absolute Gasteiger partial charge is 0.292 e. The van der Waals surface area contributed by atoms with E-state index in [1.54, 1.807) is 4.68 Å². The van der Waals surface area contributed by atoms with E-state index in [-0.39, 0.29) is 5.56 Å². The van der Waals surface area contributed by atoms with Crippen LogP contribution in [-0.4, -0.2) is 19.7 Å². The molecule has 5 nitrogen and oxygen atoms in total. The third-order valence-electron chi connectivity index (χ3n) is 3.61. The van der Waals surface area contributed by atoms with Gasteiger partial charge in [0.05, 0.1) is 0 Å². The van der Waals surface area contributed by atoms with Crippen LogP contribution < -0.4 is 5.56 Å². The zero-order valence-corrected chi connectivity index (χ0v) is 10.1. The second-order valence-electron chi connectivity index (χ2n) is 4.90. The molecule has 0 aromatic carbocycles. The number of H-pyrrole nitrogens is 2. The first kappa shape index (κ1) is 10.6. The highest BCUT2D eigenvalue weighted by Crippen LogP contribution is 2.32. The van der Waals surface area contributed by atoms with Crippen LogP contribution in [0.1, 0.15) is 50.8 Å². The van der Waals surface area contributed by atoms with Gasteiger partial charge in [0.1, 0.15) is 5.82 Å². The zero-order valence-electron chi connectivity index (χ0n) is 10.1. The summed E-state index contributed by atoms with van der Waals surface area (Å²) in [7, 11) is 0. The topological polar surface area (TPSA) is 66.5 Å². The number of hydrogen-bond donors (Lipinski definition) is 2. The fourth-order valence-corrected chi connectivity index (χ4v) is 2.71. The van der Waals surface area contributed by atoms with Gasteiger partial charge in [-0.15, -0.1) is 0 Å². The van der Waals surface area contributed by atoms with Gasteiger partial charge in [0.2, 0.25) is 0 Å². The summed E-state index contributed by atoms with van der Waals surface area (Å²) in [6.45, 7) is 2.78. The van der Waals surface area contributed by atoms with E-state index in [2.05, 4.69) is 22.0 Å². The summed E-state index contributed by atoms with van der Waals surface area (Å²) >= 11 is 0. The fraction of sp³-hybridized carbons (Fsp3) is 0.667. The molecule has 0 unspecified atom stereocenters. The SMILES string of the molecule is CCCn1[nH]c2nc(C3CCCC3)[nH]c2c1=O. The van der Waals surface area contributed by atoms with Crippen LogP contribution in [-0.2, 0) is 6.54 Å². The van der Waals surface area contributed by atoms with Crippen molar-refractivity contribution in [2.45, 2.75) is 51.5 Å². The second-order valence-corrected chi connectivity index (χ2v) is 4.90. The zero-order chi connectivity index (χ0) is 11.8. The monoisotopic (exact) mass is 234 g/mol. The standard InChI is InChI=1S/C12H18N4O/c1-2-7-16-12(17)9-11(15-16)14-10(13-9)8-5-3-4-6-8/h8,15H,2-7H2,1H3,(H,13,14). The third kappa shape index (κ3) is 1.69. The van der Waals surface area contributed by atoms with Gasteiger partial charge in [-0.3, -0.25) is 9.89 Å². The molecule has 2 aromatic rings. The Bertz CT molecular complexity index is 571. The number of imidazole rings is 1. The molecule has 0 aliphatic heterocycles. The molecule has 1 aliphatic carbocycles. The van der Waals surface area contributed by atoms with Crippen LogP contribution >= 0.6 is 0 Å². The van der Waals surface area contributed by atoms with Crippen LogP contribution in [0.4, 0.5) is 0 Å². The largest absolute Gasteiger partial charge is 0.336 e. The van der Waals surface area contributed by atoms with Crippen molar-refractivity contribution in [3.8, 4) is 0 Å². The Labute approximate surface area is 99.2 Å². The van der Waals surface area contributed by atoms with E-state index in [1.807, 2.05) is 0 Å². The van der Waals surface area contributed by atoms with Crippen LogP contribution in [0.5, 0.6) is 0 Å². The number of aryl methyl sites for hydroxylation is 1. The highest BCUT2D eigenvalue weighted by atomic mass is 16.1. The molecule has 5 heteroatoms. The quantitative estimate of drug-likeness (QED) is 0.854. The Balaban J connectivity index is 2.00. The van der Waals surface area contributed by atoms with Crippen LogP contribution in [0.15, 0.2) is 4.79 Å². The van der Waals surface area contributed by atoms with Gasteiger partial charge < -0.3 is 4.98 Å². The number of nitrogens with one attached hydrogen (secondary N) is 2. The number of rotatable bonds is 3. The third-order valence-corrected chi connectivity index (χ3v) is 3.61. The van der Waals surface area contributed by atoms with Crippen LogP contribution in [0.3, 0.4) is 0 Å². The second kappa shape index (κ2) is 4.05. The average Bonchev–Trinajstić information content (AvgIpc) is 2.98. The van der Waals surface area contributed by atoms with Gasteiger partial charge in [0, 0.05) is 12.5 Å². The molecule has 0 atom stereocenters. The Kier molecular flexibility index (Phi) is 2.53. The summed E-state index contributed by atoms with van der Waals surface area (Å²) in [6, 6.07) is 0. The number of aromatic amines is 2. The maximum atomic E-state index is 12.0. The van der Waals surface area contributed by atoms with Gasteiger partial charge in [-0.25, -0.2) is 9.67 Å². The fourth-order valence-electron chi connectivity index (χ4n) is 2.71. The molecule has 2 N–H and O–H groups in total. The normalized spacial score (nSPS) is 17.2. The molecule has 17 heavy (non-hydrogen) atoms. The maximum absolute atomic E-state index is 12.0. The van der Waals surface area contributed by atoms with E-state index in [0.29, 0.717) is 17.1 Å². The van der Waals surface area contributed by atoms with E-state index < -0.39 is 0 Å². The van der Waals surface area contributed by atoms with E-state index in [4.69, 9.17) is 0 Å². The summed E-state index contributed by atoms with van der Waals surface area (Å²) < 4.78 is 1.63. The van der Waals surface area contributed by atoms with Crippen molar-refractivity contribution >= 4 is 11.2 Å². The molecule has 3 rings (SSSR count). The van der Waals surface area contributed by atoms with Gasteiger partial charge >= 0.3 is 0 Å². The molecule has 2 aromatic heterocycles. The molecule has 0 spiro atoms. The average molecular weight is 234 g/mol. The molecule has 0 amide bonds. The lowest BCUT2D eigenvalue weighted by atomic mass is 10.1. The number of fused-ring (bicyclic) bond motifs is 1. The van der Waals surface area contributed by atoms with Gasteiger partial charge in [-0.2, -0.15) is 0 Å². The highest BCUT2D eigenvalue weighted by molar-refractivity contribution is 5.69. The minimum absolute atomic E-state index is 0.0265. The lowest BCUT2D eigenvalue weighted by Gasteiger charge is -2.03. The van der Waals surface area contributed by atoms with Crippen molar-refractivity contribution in [2.75, 3.05) is 0 Å². The summed E-state index contributed by atoms with van der Waals surface area (Å²) in [5, 5.41) is 3.07. The number of hydrogen-bond acceptors (Lipinski definition) is 2. The van der Waals surface area contributed by atoms with Crippen LogP contribution in [0, 0.1) is 0 Å². The molecular weight excluding hydrogens is 216 g/mol. The predicted octanol–water partition coefficient (Wildman–Crippen LogP) is 2.12. The maximum Gasteiger partial charge on any atom is 0.292 e. The van der Waals surface area contributed by atoms with Crippen molar-refractivity contribution in [3.63, 3.8) is 0 Å². The molecule has 1 saturated carbocycles. The molecule has 1 fully saturated rings. The van der Waals surface area contributed by atoms with Gasteiger partial charge in [-0.05, 0) is 19.3 Å². The molecule has 92 valence electrons. The minimum atomic E-state index is 0.0265. The van der Waals surface area contributed by atoms with Crippen molar-refractivity contribution < 1.29 is 0 Å². The van der Waals surface area contributed by atoms with Crippen molar-refractivity contribution in [3.05, 3.63) is 16.2 Å². The van der Waals surface area contributed by atoms with Crippen LogP contribution in [0.25, 0.3) is 11.2 Å². The van der Waals surface area contributed by atoms with Crippen molar-refractivity contribution in [2.24, 2.45) is 0 Å². The summed E-state index contributed by atoms with van der Waals surface area (Å²) in [6.07, 6.45) is 5.88. The number of aromatic nitrogens is 4. The van der Waals surface area contributed by atoms with Gasteiger partial charge in [-0.1, -0.05) is 19.8 Å². The summed E-state index contributed by atoms with van der Waals surface area (Å²) in [4.78, 5) is 19.7. The lowest BCUT2D eigenvalue weighted by molar-refractivity contribution is 0.587. The molecular formula is C12H18N4O. The predicted molar refractivity (Wildman–Crippen MR) is 66.2 cm³/mol. The first-order valence-electron chi connectivity index (χ1n) is 6.48. The highest BCUT2D eigenvalue weighted by Gasteiger charge is 2.22. The molecule has 2 heterocycles. The summed E-state index contributed by atoms with van der Waals surface area (Å²) in [5.74, 6) is 1.51. The first-order chi connectivity index (χ1) is 8.29. The van der Waals surface area contributed by atoms with Crippen molar-refractivity contribution in [1.82, 2.24) is 19.7 Å². The van der Waals surface area contributed by atoms with E-state index in [0.717, 1.165) is 18.8 Å². The molecule has 0 saturated heterocycles. The Morgan fingerprint density at radius 1 is 1.41 bits per heavy atom. The Hall–Kier alpha value is -1.52. The van der Waals surface area contributed by atoms with E-state index in [1.165, 1.54) is 25.7 Å². The molecule has 0 radical (unpaired) electrons. The van der Waals surface area contributed by atoms with Gasteiger partial charge in [0.15, 0.2) is 11.2 Å². The minimum Gasteiger partial charge on any atom is -0.336 e. The number of nitrogens with zero attached hydrogens (tertiary/aromatic N) is 2. The Morgan fingerprint density at radius 3 is 2.82 bits per heavy atom.